The zero-order valence-electron chi connectivity index (χ0n) is 5.34. The summed E-state index contributed by atoms with van der Waals surface area (Å²) in [6, 6.07) is 4.60. The van der Waals surface area contributed by atoms with E-state index in [0.717, 1.165) is 0 Å². The van der Waals surface area contributed by atoms with Crippen molar-refractivity contribution in [1.82, 2.24) is 0 Å². The van der Waals surface area contributed by atoms with E-state index in [4.69, 9.17) is 28.3 Å². The van der Waals surface area contributed by atoms with Crippen molar-refractivity contribution >= 4 is 42.7 Å². The van der Waals surface area contributed by atoms with E-state index in [9.17, 15) is 0 Å². The number of aromatic hydroxyl groups is 1. The molecule has 0 amide bonds. The molecule has 1 nitrogen and oxygen atoms in total. The molecule has 58 valence electrons. The van der Waals surface area contributed by atoms with Gasteiger partial charge in [-0.15, -0.1) is 0 Å². The minimum absolute atomic E-state index is 0.151. The van der Waals surface area contributed by atoms with Gasteiger partial charge in [0.15, 0.2) is 0 Å². The van der Waals surface area contributed by atoms with Crippen LogP contribution in [0.1, 0.15) is 5.56 Å². The van der Waals surface area contributed by atoms with Gasteiger partial charge in [-0.25, -0.2) is 0 Å². The Morgan fingerprint density at radius 2 is 2.09 bits per heavy atom. The number of hydrogen-bond donors (Lipinski definition) is 1. The molecule has 4 heteroatoms. The molecule has 0 aliphatic carbocycles. The van der Waals surface area contributed by atoms with Crippen LogP contribution >= 0.6 is 23.2 Å². The van der Waals surface area contributed by atoms with Crippen LogP contribution in [0.4, 0.5) is 0 Å². The van der Waals surface area contributed by atoms with Gasteiger partial charge in [-0.3, -0.25) is 0 Å². The van der Waals surface area contributed by atoms with Crippen molar-refractivity contribution < 1.29 is 5.11 Å². The Hall–Kier alpha value is -0.0105. The van der Waals surface area contributed by atoms with Crippen molar-refractivity contribution in [3.05, 3.63) is 28.8 Å². The number of benzene rings is 1. The van der Waals surface area contributed by atoms with Crippen molar-refractivity contribution in [2.75, 3.05) is 0 Å². The molecule has 0 aromatic heterocycles. The van der Waals surface area contributed by atoms with Gasteiger partial charge >= 0.3 is 82.3 Å². The predicted molar refractivity (Wildman–Crippen MR) is 48.8 cm³/mol. The number of halogens is 2. The van der Waals surface area contributed by atoms with Gasteiger partial charge in [0, 0.05) is 0 Å². The molecule has 1 N–H and O–H groups in total. The Bertz CT molecular complexity index is 298. The average molecular weight is 254 g/mol. The van der Waals surface area contributed by atoms with Gasteiger partial charge < -0.3 is 0 Å². The molecule has 0 unspecified atom stereocenters. The summed E-state index contributed by atoms with van der Waals surface area (Å²) in [7, 11) is 0. The van der Waals surface area contributed by atoms with Crippen LogP contribution in [0.25, 0.3) is 0 Å². The zero-order chi connectivity index (χ0) is 8.43. The SMILES string of the molecule is Oc1ccc(Cl)c(C(Cl)=[Se])c1. The first kappa shape index (κ1) is 9.08. The van der Waals surface area contributed by atoms with E-state index in [1.807, 2.05) is 0 Å². The second kappa shape index (κ2) is 3.59. The van der Waals surface area contributed by atoms with Crippen LogP contribution in [-0.4, -0.2) is 24.6 Å². The Morgan fingerprint density at radius 3 is 2.55 bits per heavy atom. The second-order valence-electron chi connectivity index (χ2n) is 1.94. The van der Waals surface area contributed by atoms with Gasteiger partial charge in [0.1, 0.15) is 0 Å². The average Bonchev–Trinajstić information content (AvgIpc) is 1.94. The molecular weight excluding hydrogens is 250 g/mol. The number of phenols is 1. The van der Waals surface area contributed by atoms with E-state index in [0.29, 0.717) is 14.5 Å². The summed E-state index contributed by atoms with van der Waals surface area (Å²) in [5.41, 5.74) is 0.619. The molecule has 0 radical (unpaired) electrons. The van der Waals surface area contributed by atoms with E-state index in [2.05, 4.69) is 15.6 Å². The molecule has 0 saturated heterocycles. The summed E-state index contributed by atoms with van der Waals surface area (Å²) >= 11 is 14.0. The van der Waals surface area contributed by atoms with Crippen LogP contribution < -0.4 is 0 Å². The molecule has 1 aromatic carbocycles. The Morgan fingerprint density at radius 1 is 1.45 bits per heavy atom. The molecule has 0 atom stereocenters. The number of hydrogen-bond acceptors (Lipinski definition) is 1. The number of rotatable bonds is 1. The Kier molecular flexibility index (Phi) is 2.97. The molecule has 0 aliphatic rings. The second-order valence-corrected chi connectivity index (χ2v) is 4.09. The molecule has 1 rings (SSSR count). The third-order valence-electron chi connectivity index (χ3n) is 1.16. The van der Waals surface area contributed by atoms with E-state index < -0.39 is 0 Å². The summed E-state index contributed by atoms with van der Waals surface area (Å²) in [4.78, 5) is 0. The van der Waals surface area contributed by atoms with Crippen molar-refractivity contribution in [3.63, 3.8) is 0 Å². The first-order valence-electron chi connectivity index (χ1n) is 2.79. The summed E-state index contributed by atoms with van der Waals surface area (Å²) < 4.78 is 0.450. The Balaban J connectivity index is 3.23. The minimum atomic E-state index is 0.151. The van der Waals surface area contributed by atoms with Gasteiger partial charge in [-0.2, -0.15) is 0 Å². The normalized spacial score (nSPS) is 9.64. The first-order valence-corrected chi connectivity index (χ1v) is 4.41. The van der Waals surface area contributed by atoms with Gasteiger partial charge in [-0.1, -0.05) is 0 Å². The van der Waals surface area contributed by atoms with Crippen LogP contribution in [0.5, 0.6) is 5.75 Å². The summed E-state index contributed by atoms with van der Waals surface area (Å²) in [6.45, 7) is 0. The van der Waals surface area contributed by atoms with Crippen LogP contribution in [-0.2, 0) is 0 Å². The van der Waals surface area contributed by atoms with Crippen LogP contribution in [0.15, 0.2) is 18.2 Å². The van der Waals surface area contributed by atoms with Gasteiger partial charge in [0.05, 0.1) is 0 Å². The molecule has 0 heterocycles. The third-order valence-corrected chi connectivity index (χ3v) is 2.16. The molecule has 0 fully saturated rings. The topological polar surface area (TPSA) is 20.2 Å². The van der Waals surface area contributed by atoms with E-state index >= 15 is 0 Å². The number of phenolic OH excluding ortho intramolecular Hbond substituents is 1. The Labute approximate surface area is 82.3 Å². The molecule has 11 heavy (non-hydrogen) atoms. The van der Waals surface area contributed by atoms with Crippen LogP contribution in [0, 0.1) is 0 Å². The molecular formula is C7H4Cl2OSe. The summed E-state index contributed by atoms with van der Waals surface area (Å²) in [6.07, 6.45) is 0. The third kappa shape index (κ3) is 2.21. The predicted octanol–water partition coefficient (Wildman–Crippen LogP) is 1.93. The van der Waals surface area contributed by atoms with Crippen molar-refractivity contribution in [3.8, 4) is 5.75 Å². The first-order chi connectivity index (χ1) is 5.11. The fourth-order valence-electron chi connectivity index (χ4n) is 0.664. The van der Waals surface area contributed by atoms with Gasteiger partial charge in [-0.05, 0) is 0 Å². The van der Waals surface area contributed by atoms with E-state index in [1.165, 1.54) is 12.1 Å². The van der Waals surface area contributed by atoms with Gasteiger partial charge in [0.2, 0.25) is 0 Å². The van der Waals surface area contributed by atoms with Gasteiger partial charge in [0.25, 0.3) is 0 Å². The fourth-order valence-corrected chi connectivity index (χ4v) is 1.56. The van der Waals surface area contributed by atoms with Crippen LogP contribution in [0.3, 0.4) is 0 Å². The fraction of sp³-hybridized carbons (Fsp3) is 0. The quantitative estimate of drug-likeness (QED) is 0.759. The standard InChI is InChI=1S/C7H4Cl2OSe/c8-6-2-1-4(10)3-5(6)7(9)11/h1-3,10H. The van der Waals surface area contributed by atoms with E-state index in [1.54, 1.807) is 6.07 Å². The monoisotopic (exact) mass is 254 g/mol. The maximum absolute atomic E-state index is 9.04. The molecule has 0 bridgehead atoms. The molecule has 0 saturated carbocycles. The van der Waals surface area contributed by atoms with E-state index in [-0.39, 0.29) is 5.75 Å². The van der Waals surface area contributed by atoms with Crippen molar-refractivity contribution in [2.45, 2.75) is 0 Å². The van der Waals surface area contributed by atoms with Crippen molar-refractivity contribution in [2.24, 2.45) is 0 Å². The summed E-state index contributed by atoms with van der Waals surface area (Å²) in [5.74, 6) is 0.151. The molecule has 1 aromatic rings. The zero-order valence-corrected chi connectivity index (χ0v) is 8.57. The van der Waals surface area contributed by atoms with Crippen LogP contribution in [0.2, 0.25) is 5.02 Å². The molecule has 0 aliphatic heterocycles. The summed E-state index contributed by atoms with van der Waals surface area (Å²) in [5, 5.41) is 9.56. The molecule has 0 spiro atoms. The maximum atomic E-state index is 9.04. The van der Waals surface area contributed by atoms with Crippen molar-refractivity contribution in [1.29, 1.82) is 0 Å².